The predicted octanol–water partition coefficient (Wildman–Crippen LogP) is 0.440. The average molecular weight is 245 g/mol. The van der Waals surface area contributed by atoms with Gasteiger partial charge in [0.05, 0.1) is 18.0 Å². The summed E-state index contributed by atoms with van der Waals surface area (Å²) in [5, 5.41) is 8.67. The highest BCUT2D eigenvalue weighted by Crippen LogP contribution is 2.22. The van der Waals surface area contributed by atoms with Crippen molar-refractivity contribution in [2.24, 2.45) is 11.7 Å². The molecule has 0 aliphatic carbocycles. The summed E-state index contributed by atoms with van der Waals surface area (Å²) in [7, 11) is 0. The number of hydrogen-bond donors (Lipinski definition) is 1. The van der Waals surface area contributed by atoms with Gasteiger partial charge in [-0.25, -0.2) is 9.97 Å². The van der Waals surface area contributed by atoms with Gasteiger partial charge in [0.2, 0.25) is 11.9 Å². The summed E-state index contributed by atoms with van der Waals surface area (Å²) in [6.07, 6.45) is 5.36. The number of hydrogen-bond acceptors (Lipinski definition) is 5. The number of carbonyl (C=O) groups is 1. The van der Waals surface area contributed by atoms with Gasteiger partial charge in [-0.3, -0.25) is 4.79 Å². The smallest absolute Gasteiger partial charge is 0.225 e. The van der Waals surface area contributed by atoms with Crippen LogP contribution in [-0.2, 0) is 4.79 Å². The second-order valence-electron chi connectivity index (χ2n) is 4.48. The monoisotopic (exact) mass is 245 g/mol. The molecule has 18 heavy (non-hydrogen) atoms. The maximum atomic E-state index is 10.8. The van der Waals surface area contributed by atoms with Crippen molar-refractivity contribution in [1.29, 1.82) is 5.26 Å². The molecule has 0 spiro atoms. The predicted molar refractivity (Wildman–Crippen MR) is 65.5 cm³/mol. The van der Waals surface area contributed by atoms with Crippen molar-refractivity contribution in [1.82, 2.24) is 9.97 Å². The SMILES string of the molecule is N#Cc1cnc(N2CCC(CC(N)=O)CC2)nc1. The molecule has 1 aromatic heterocycles. The molecule has 6 nitrogen and oxygen atoms in total. The highest BCUT2D eigenvalue weighted by molar-refractivity contribution is 5.74. The first-order valence-corrected chi connectivity index (χ1v) is 5.94. The maximum Gasteiger partial charge on any atom is 0.225 e. The van der Waals surface area contributed by atoms with E-state index in [9.17, 15) is 4.79 Å². The molecule has 0 unspecified atom stereocenters. The number of primary amides is 1. The summed E-state index contributed by atoms with van der Waals surface area (Å²) in [6.45, 7) is 1.65. The second kappa shape index (κ2) is 5.45. The lowest BCUT2D eigenvalue weighted by atomic mass is 9.93. The Bertz CT molecular complexity index is 456. The largest absolute Gasteiger partial charge is 0.370 e. The molecule has 2 N–H and O–H groups in total. The van der Waals surface area contributed by atoms with Crippen LogP contribution in [0.5, 0.6) is 0 Å². The van der Waals surface area contributed by atoms with Crippen LogP contribution in [0.4, 0.5) is 5.95 Å². The van der Waals surface area contributed by atoms with Crippen molar-refractivity contribution in [2.45, 2.75) is 19.3 Å². The van der Waals surface area contributed by atoms with Gasteiger partial charge >= 0.3 is 0 Å². The quantitative estimate of drug-likeness (QED) is 0.833. The van der Waals surface area contributed by atoms with E-state index in [0.717, 1.165) is 25.9 Å². The standard InChI is InChI=1S/C12H15N5O/c13-6-10-7-15-12(16-8-10)17-3-1-9(2-4-17)5-11(14)18/h7-9H,1-5H2,(H2,14,18). The molecule has 6 heteroatoms. The lowest BCUT2D eigenvalue weighted by molar-refractivity contribution is -0.119. The highest BCUT2D eigenvalue weighted by Gasteiger charge is 2.21. The van der Waals surface area contributed by atoms with Crippen LogP contribution in [0.3, 0.4) is 0 Å². The topological polar surface area (TPSA) is 95.9 Å². The van der Waals surface area contributed by atoms with Crippen LogP contribution in [0.25, 0.3) is 0 Å². The zero-order valence-electron chi connectivity index (χ0n) is 10.0. The van der Waals surface area contributed by atoms with E-state index in [1.807, 2.05) is 6.07 Å². The van der Waals surface area contributed by atoms with E-state index in [1.54, 1.807) is 0 Å². The summed E-state index contributed by atoms with van der Waals surface area (Å²) >= 11 is 0. The number of anilines is 1. The molecule has 1 saturated heterocycles. The molecule has 1 amide bonds. The van der Waals surface area contributed by atoms with Gasteiger partial charge in [0.1, 0.15) is 6.07 Å². The van der Waals surface area contributed by atoms with Crippen LogP contribution in [0, 0.1) is 17.2 Å². The van der Waals surface area contributed by atoms with E-state index < -0.39 is 0 Å². The number of nitrogens with zero attached hydrogens (tertiary/aromatic N) is 4. The van der Waals surface area contributed by atoms with Gasteiger partial charge in [-0.15, -0.1) is 0 Å². The molecule has 2 rings (SSSR count). The zero-order valence-corrected chi connectivity index (χ0v) is 10.0. The molecular formula is C12H15N5O. The molecule has 1 aliphatic heterocycles. The molecule has 1 aliphatic rings. The van der Waals surface area contributed by atoms with Crippen LogP contribution in [-0.4, -0.2) is 29.0 Å². The number of nitrogens with two attached hydrogens (primary N) is 1. The Labute approximate surface area is 105 Å². The van der Waals surface area contributed by atoms with Gasteiger partial charge in [0.25, 0.3) is 0 Å². The van der Waals surface area contributed by atoms with Gasteiger partial charge in [-0.2, -0.15) is 5.26 Å². The number of piperidine rings is 1. The zero-order chi connectivity index (χ0) is 13.0. The third kappa shape index (κ3) is 2.94. The Morgan fingerprint density at radius 1 is 1.44 bits per heavy atom. The van der Waals surface area contributed by atoms with E-state index >= 15 is 0 Å². The van der Waals surface area contributed by atoms with Crippen LogP contribution in [0.2, 0.25) is 0 Å². The summed E-state index contributed by atoms with van der Waals surface area (Å²) < 4.78 is 0. The fraction of sp³-hybridized carbons (Fsp3) is 0.500. The van der Waals surface area contributed by atoms with Gasteiger partial charge in [-0.05, 0) is 18.8 Å². The number of amides is 1. The van der Waals surface area contributed by atoms with Gasteiger partial charge in [0.15, 0.2) is 0 Å². The first-order chi connectivity index (χ1) is 8.69. The van der Waals surface area contributed by atoms with Crippen LogP contribution < -0.4 is 10.6 Å². The molecule has 0 aromatic carbocycles. The Kier molecular flexibility index (Phi) is 3.72. The van der Waals surface area contributed by atoms with Crippen LogP contribution >= 0.6 is 0 Å². The van der Waals surface area contributed by atoms with E-state index in [0.29, 0.717) is 23.9 Å². The lowest BCUT2D eigenvalue weighted by Gasteiger charge is -2.31. The van der Waals surface area contributed by atoms with Crippen LogP contribution in [0.1, 0.15) is 24.8 Å². The summed E-state index contributed by atoms with van der Waals surface area (Å²) in [5.74, 6) is 0.784. The molecule has 0 atom stereocenters. The number of rotatable bonds is 3. The minimum Gasteiger partial charge on any atom is -0.370 e. The van der Waals surface area contributed by atoms with E-state index in [4.69, 9.17) is 11.0 Å². The number of aromatic nitrogens is 2. The van der Waals surface area contributed by atoms with Crippen molar-refractivity contribution in [3.05, 3.63) is 18.0 Å². The average Bonchev–Trinajstić information content (AvgIpc) is 2.39. The summed E-state index contributed by atoms with van der Waals surface area (Å²) in [6, 6.07) is 1.99. The summed E-state index contributed by atoms with van der Waals surface area (Å²) in [4.78, 5) is 21.2. The first-order valence-electron chi connectivity index (χ1n) is 5.94. The third-order valence-corrected chi connectivity index (χ3v) is 3.15. The Morgan fingerprint density at radius 2 is 2.06 bits per heavy atom. The van der Waals surface area contributed by atoms with Gasteiger partial charge in [-0.1, -0.05) is 0 Å². The molecule has 0 radical (unpaired) electrons. The van der Waals surface area contributed by atoms with Crippen molar-refractivity contribution in [3.63, 3.8) is 0 Å². The van der Waals surface area contributed by atoms with E-state index in [1.165, 1.54) is 12.4 Å². The molecule has 94 valence electrons. The van der Waals surface area contributed by atoms with Crippen molar-refractivity contribution in [2.75, 3.05) is 18.0 Å². The van der Waals surface area contributed by atoms with Gasteiger partial charge in [0, 0.05) is 19.5 Å². The van der Waals surface area contributed by atoms with Crippen LogP contribution in [0.15, 0.2) is 12.4 Å². The van der Waals surface area contributed by atoms with E-state index in [2.05, 4.69) is 14.9 Å². The molecule has 1 fully saturated rings. The lowest BCUT2D eigenvalue weighted by Crippen LogP contribution is -2.36. The number of nitriles is 1. The minimum absolute atomic E-state index is 0.233. The number of carbonyl (C=O) groups excluding carboxylic acids is 1. The maximum absolute atomic E-state index is 10.8. The second-order valence-corrected chi connectivity index (χ2v) is 4.48. The summed E-state index contributed by atoms with van der Waals surface area (Å²) in [5.41, 5.74) is 5.65. The molecule has 0 bridgehead atoms. The first kappa shape index (κ1) is 12.3. The highest BCUT2D eigenvalue weighted by atomic mass is 16.1. The Balaban J connectivity index is 1.93. The van der Waals surface area contributed by atoms with Crippen molar-refractivity contribution < 1.29 is 4.79 Å². The van der Waals surface area contributed by atoms with Crippen molar-refractivity contribution >= 4 is 11.9 Å². The fourth-order valence-corrected chi connectivity index (χ4v) is 2.16. The molecule has 2 heterocycles. The van der Waals surface area contributed by atoms with E-state index in [-0.39, 0.29) is 5.91 Å². The van der Waals surface area contributed by atoms with Gasteiger partial charge < -0.3 is 10.6 Å². The molecular weight excluding hydrogens is 230 g/mol. The molecule has 1 aromatic rings. The van der Waals surface area contributed by atoms with Crippen molar-refractivity contribution in [3.8, 4) is 6.07 Å². The normalized spacial score (nSPS) is 16.3. The third-order valence-electron chi connectivity index (χ3n) is 3.15. The minimum atomic E-state index is -0.233. The Morgan fingerprint density at radius 3 is 2.56 bits per heavy atom. The molecule has 0 saturated carbocycles. The fourth-order valence-electron chi connectivity index (χ4n) is 2.16. The Hall–Kier alpha value is -2.16.